The predicted octanol–water partition coefficient (Wildman–Crippen LogP) is 4.34. The molecule has 0 spiro atoms. The van der Waals surface area contributed by atoms with Gasteiger partial charge in [0.1, 0.15) is 5.69 Å². The normalized spacial score (nSPS) is 15.1. The molecule has 3 aromatic rings. The number of anilines is 2. The van der Waals surface area contributed by atoms with Gasteiger partial charge in [-0.3, -0.25) is 14.6 Å². The fraction of sp³-hybridized carbons (Fsp3) is 0.208. The molecule has 146 valence electrons. The van der Waals surface area contributed by atoms with Gasteiger partial charge in [0.05, 0.1) is 0 Å². The first-order valence-electron chi connectivity index (χ1n) is 9.84. The van der Waals surface area contributed by atoms with E-state index in [1.807, 2.05) is 67.3 Å². The number of para-hydroxylation sites is 2. The van der Waals surface area contributed by atoms with Crippen molar-refractivity contribution in [1.82, 2.24) is 4.98 Å². The molecule has 1 unspecified atom stereocenters. The molecule has 1 aromatic heterocycles. The fourth-order valence-corrected chi connectivity index (χ4v) is 3.88. The molecule has 2 heterocycles. The summed E-state index contributed by atoms with van der Waals surface area (Å²) in [5, 5.41) is 0. The van der Waals surface area contributed by atoms with Gasteiger partial charge in [-0.2, -0.15) is 0 Å². The number of hydrogen-bond donors (Lipinski definition) is 0. The third kappa shape index (κ3) is 3.51. The van der Waals surface area contributed by atoms with Crippen LogP contribution in [0.4, 0.5) is 11.4 Å². The molecule has 0 N–H and O–H groups in total. The molecular formula is C24H23N3O2. The maximum Gasteiger partial charge on any atom is 0.276 e. The second-order valence-electron chi connectivity index (χ2n) is 7.17. The van der Waals surface area contributed by atoms with Crippen molar-refractivity contribution in [1.29, 1.82) is 0 Å². The van der Waals surface area contributed by atoms with E-state index in [1.54, 1.807) is 17.0 Å². The first-order chi connectivity index (χ1) is 14.1. The lowest BCUT2D eigenvalue weighted by atomic mass is 10.1. The molecule has 0 saturated carbocycles. The van der Waals surface area contributed by atoms with Gasteiger partial charge in [-0.15, -0.1) is 0 Å². The maximum atomic E-state index is 13.3. The number of aromatic nitrogens is 1. The number of carbonyl (C=O) groups is 2. The molecular weight excluding hydrogens is 362 g/mol. The second-order valence-corrected chi connectivity index (χ2v) is 7.17. The highest BCUT2D eigenvalue weighted by Crippen LogP contribution is 2.33. The van der Waals surface area contributed by atoms with Gasteiger partial charge in [0, 0.05) is 35.7 Å². The van der Waals surface area contributed by atoms with Crippen LogP contribution in [0.5, 0.6) is 0 Å². The van der Waals surface area contributed by atoms with Gasteiger partial charge in [-0.1, -0.05) is 36.4 Å². The molecule has 0 bridgehead atoms. The Hall–Kier alpha value is -3.47. The number of pyridine rings is 1. The first-order valence-corrected chi connectivity index (χ1v) is 9.84. The van der Waals surface area contributed by atoms with Gasteiger partial charge in [0.25, 0.3) is 11.8 Å². The van der Waals surface area contributed by atoms with Crippen molar-refractivity contribution >= 4 is 23.2 Å². The Kier molecular flexibility index (Phi) is 5.12. The van der Waals surface area contributed by atoms with Gasteiger partial charge in [0.15, 0.2) is 0 Å². The van der Waals surface area contributed by atoms with E-state index in [4.69, 9.17) is 0 Å². The van der Waals surface area contributed by atoms with Crippen LogP contribution in [0.2, 0.25) is 0 Å². The average Bonchev–Trinajstić information content (AvgIpc) is 3.10. The highest BCUT2D eigenvalue weighted by Gasteiger charge is 2.31. The highest BCUT2D eigenvalue weighted by molar-refractivity contribution is 6.10. The van der Waals surface area contributed by atoms with Crippen LogP contribution in [0.25, 0.3) is 0 Å². The van der Waals surface area contributed by atoms with Crippen LogP contribution in [-0.4, -0.2) is 29.4 Å². The number of hydrogen-bond acceptors (Lipinski definition) is 3. The molecule has 1 atom stereocenters. The molecule has 5 nitrogen and oxygen atoms in total. The first kappa shape index (κ1) is 18.9. The van der Waals surface area contributed by atoms with E-state index >= 15 is 0 Å². The minimum atomic E-state index is -0.219. The zero-order chi connectivity index (χ0) is 20.4. The van der Waals surface area contributed by atoms with Crippen molar-refractivity contribution in [2.75, 3.05) is 16.3 Å². The number of fused-ring (bicyclic) bond motifs is 1. The van der Waals surface area contributed by atoms with Crippen molar-refractivity contribution in [2.24, 2.45) is 0 Å². The van der Waals surface area contributed by atoms with E-state index in [0.717, 1.165) is 17.8 Å². The molecule has 0 radical (unpaired) electrons. The largest absolute Gasteiger partial charge is 0.307 e. The zero-order valence-corrected chi connectivity index (χ0v) is 16.6. The Balaban J connectivity index is 1.64. The van der Waals surface area contributed by atoms with Crippen LogP contribution in [0.1, 0.15) is 40.3 Å². The standard InChI is InChI=1S/C24H23N3O2/c1-3-26(20-10-5-4-6-11-20)24(29)21-16-19(13-14-25-21)23(28)27-17(2)15-18-9-7-8-12-22(18)27/h4-14,16-17H,3,15H2,1-2H3. The summed E-state index contributed by atoms with van der Waals surface area (Å²) >= 11 is 0. The van der Waals surface area contributed by atoms with Crippen molar-refractivity contribution in [3.63, 3.8) is 0 Å². The SMILES string of the molecule is CCN(C(=O)c1cc(C(=O)N2c3ccccc3CC2C)ccn1)c1ccccc1. The van der Waals surface area contributed by atoms with Crippen LogP contribution in [0.15, 0.2) is 72.9 Å². The summed E-state index contributed by atoms with van der Waals surface area (Å²) in [6, 6.07) is 20.8. The molecule has 1 aliphatic rings. The van der Waals surface area contributed by atoms with E-state index in [0.29, 0.717) is 12.1 Å². The summed E-state index contributed by atoms with van der Waals surface area (Å²) in [6.07, 6.45) is 2.36. The topological polar surface area (TPSA) is 53.5 Å². The molecule has 0 saturated heterocycles. The Morgan fingerprint density at radius 2 is 1.79 bits per heavy atom. The molecule has 1 aliphatic heterocycles. The quantitative estimate of drug-likeness (QED) is 0.671. The van der Waals surface area contributed by atoms with Crippen molar-refractivity contribution < 1.29 is 9.59 Å². The lowest BCUT2D eigenvalue weighted by molar-refractivity contribution is 0.0981. The third-order valence-corrected chi connectivity index (χ3v) is 5.28. The van der Waals surface area contributed by atoms with E-state index in [2.05, 4.69) is 11.1 Å². The number of benzene rings is 2. The summed E-state index contributed by atoms with van der Waals surface area (Å²) in [6.45, 7) is 4.47. The van der Waals surface area contributed by atoms with E-state index in [-0.39, 0.29) is 23.6 Å². The minimum Gasteiger partial charge on any atom is -0.307 e. The Bertz CT molecular complexity index is 1050. The minimum absolute atomic E-state index is 0.0728. The van der Waals surface area contributed by atoms with Crippen LogP contribution in [0.3, 0.4) is 0 Å². The predicted molar refractivity (Wildman–Crippen MR) is 114 cm³/mol. The van der Waals surface area contributed by atoms with E-state index in [9.17, 15) is 9.59 Å². The summed E-state index contributed by atoms with van der Waals surface area (Å²) < 4.78 is 0. The summed E-state index contributed by atoms with van der Waals surface area (Å²) in [5.74, 6) is -0.329. The highest BCUT2D eigenvalue weighted by atomic mass is 16.2. The van der Waals surface area contributed by atoms with Gasteiger partial charge < -0.3 is 9.80 Å². The second kappa shape index (κ2) is 7.87. The van der Waals surface area contributed by atoms with Gasteiger partial charge in [-0.25, -0.2) is 0 Å². The summed E-state index contributed by atoms with van der Waals surface area (Å²) in [5.41, 5.74) is 3.65. The Morgan fingerprint density at radius 1 is 1.07 bits per heavy atom. The number of rotatable bonds is 4. The lowest BCUT2D eigenvalue weighted by Crippen LogP contribution is -2.36. The van der Waals surface area contributed by atoms with Crippen LogP contribution < -0.4 is 9.80 Å². The smallest absolute Gasteiger partial charge is 0.276 e. The summed E-state index contributed by atoms with van der Waals surface area (Å²) in [4.78, 5) is 34.1. The molecule has 5 heteroatoms. The van der Waals surface area contributed by atoms with Crippen molar-refractivity contribution in [2.45, 2.75) is 26.3 Å². The molecule has 2 amide bonds. The third-order valence-electron chi connectivity index (χ3n) is 5.28. The summed E-state index contributed by atoms with van der Waals surface area (Å²) in [7, 11) is 0. The maximum absolute atomic E-state index is 13.3. The molecule has 0 fully saturated rings. The zero-order valence-electron chi connectivity index (χ0n) is 16.6. The molecule has 0 aliphatic carbocycles. The van der Waals surface area contributed by atoms with E-state index in [1.165, 1.54) is 11.8 Å². The molecule has 29 heavy (non-hydrogen) atoms. The fourth-order valence-electron chi connectivity index (χ4n) is 3.88. The molecule has 4 rings (SSSR count). The monoisotopic (exact) mass is 385 g/mol. The lowest BCUT2D eigenvalue weighted by Gasteiger charge is -2.23. The average molecular weight is 385 g/mol. The number of amides is 2. The van der Waals surface area contributed by atoms with Crippen LogP contribution in [0, 0.1) is 0 Å². The van der Waals surface area contributed by atoms with Crippen LogP contribution >= 0.6 is 0 Å². The van der Waals surface area contributed by atoms with Crippen molar-refractivity contribution in [3.8, 4) is 0 Å². The van der Waals surface area contributed by atoms with Gasteiger partial charge in [0.2, 0.25) is 0 Å². The van der Waals surface area contributed by atoms with Gasteiger partial charge in [-0.05, 0) is 56.2 Å². The number of nitrogens with zero attached hydrogens (tertiary/aromatic N) is 3. The molecule has 2 aromatic carbocycles. The van der Waals surface area contributed by atoms with Gasteiger partial charge >= 0.3 is 0 Å². The van der Waals surface area contributed by atoms with Crippen LogP contribution in [-0.2, 0) is 6.42 Å². The van der Waals surface area contributed by atoms with E-state index < -0.39 is 0 Å². The Labute approximate surface area is 170 Å². The van der Waals surface area contributed by atoms with Crippen molar-refractivity contribution in [3.05, 3.63) is 89.7 Å². The number of carbonyl (C=O) groups excluding carboxylic acids is 2. The Morgan fingerprint density at radius 3 is 2.55 bits per heavy atom.